The van der Waals surface area contributed by atoms with Crippen molar-refractivity contribution in [3.05, 3.63) is 30.1 Å². The number of nitrogens with one attached hydrogen (secondary N) is 2. The van der Waals surface area contributed by atoms with Gasteiger partial charge in [0.05, 0.1) is 5.54 Å². The highest BCUT2D eigenvalue weighted by Gasteiger charge is 2.30. The maximum Gasteiger partial charge on any atom is 0.408 e. The number of alkyl carbamates (subject to hydrolysis) is 1. The van der Waals surface area contributed by atoms with Gasteiger partial charge in [-0.1, -0.05) is 13.8 Å². The highest BCUT2D eigenvalue weighted by Crippen LogP contribution is 2.18. The molecular weight excluding hydrogens is 290 g/mol. The zero-order valence-corrected chi connectivity index (χ0v) is 15.3. The fraction of sp³-hybridized carbons (Fsp3) is 0.667. The Morgan fingerprint density at radius 3 is 2.26 bits per heavy atom. The lowest BCUT2D eigenvalue weighted by atomic mass is 9.92. The van der Waals surface area contributed by atoms with Crippen molar-refractivity contribution in [2.75, 3.05) is 6.54 Å². The van der Waals surface area contributed by atoms with Crippen LogP contribution in [0.3, 0.4) is 0 Å². The number of nitrogens with zero attached hydrogens (tertiary/aromatic N) is 1. The van der Waals surface area contributed by atoms with Crippen LogP contribution >= 0.6 is 0 Å². The first-order valence-electron chi connectivity index (χ1n) is 8.36. The van der Waals surface area contributed by atoms with Gasteiger partial charge in [-0.05, 0) is 58.2 Å². The number of hydrogen-bond donors (Lipinski definition) is 2. The Hall–Kier alpha value is -1.62. The van der Waals surface area contributed by atoms with Gasteiger partial charge in [0.15, 0.2) is 0 Å². The summed E-state index contributed by atoms with van der Waals surface area (Å²) in [5.74, 6) is 0. The predicted molar refractivity (Wildman–Crippen MR) is 93.3 cm³/mol. The van der Waals surface area contributed by atoms with Gasteiger partial charge in [0, 0.05) is 25.0 Å². The minimum absolute atomic E-state index is 0.191. The molecule has 0 aliphatic carbocycles. The minimum Gasteiger partial charge on any atom is -0.444 e. The number of rotatable bonds is 7. The largest absolute Gasteiger partial charge is 0.444 e. The summed E-state index contributed by atoms with van der Waals surface area (Å²) in [4.78, 5) is 16.2. The summed E-state index contributed by atoms with van der Waals surface area (Å²) < 4.78 is 5.40. The highest BCUT2D eigenvalue weighted by atomic mass is 16.6. The average molecular weight is 321 g/mol. The van der Waals surface area contributed by atoms with E-state index in [9.17, 15) is 4.79 Å². The molecule has 5 nitrogen and oxygen atoms in total. The van der Waals surface area contributed by atoms with Crippen LogP contribution in [0, 0.1) is 0 Å². The van der Waals surface area contributed by atoms with Crippen LogP contribution in [0.25, 0.3) is 0 Å². The van der Waals surface area contributed by atoms with Gasteiger partial charge in [0.1, 0.15) is 5.60 Å². The first kappa shape index (κ1) is 19.4. The van der Waals surface area contributed by atoms with Gasteiger partial charge < -0.3 is 15.4 Å². The summed E-state index contributed by atoms with van der Waals surface area (Å²) in [6, 6.07) is 4.19. The normalized spacial score (nSPS) is 13.5. The molecule has 0 saturated carbocycles. The van der Waals surface area contributed by atoms with Crippen molar-refractivity contribution in [1.82, 2.24) is 15.6 Å². The van der Waals surface area contributed by atoms with E-state index in [0.29, 0.717) is 6.54 Å². The van der Waals surface area contributed by atoms with Gasteiger partial charge in [0.25, 0.3) is 0 Å². The smallest absolute Gasteiger partial charge is 0.408 e. The zero-order chi connectivity index (χ0) is 17.5. The molecule has 1 aromatic rings. The predicted octanol–water partition coefficient (Wildman–Crippen LogP) is 3.82. The topological polar surface area (TPSA) is 63.2 Å². The molecule has 1 rings (SSSR count). The molecule has 0 aromatic carbocycles. The fourth-order valence-electron chi connectivity index (χ4n) is 2.36. The maximum atomic E-state index is 12.1. The van der Waals surface area contributed by atoms with Gasteiger partial charge in [-0.15, -0.1) is 0 Å². The number of ether oxygens (including phenoxy) is 1. The van der Waals surface area contributed by atoms with E-state index in [1.807, 2.05) is 32.9 Å². The van der Waals surface area contributed by atoms with Crippen molar-refractivity contribution >= 4 is 6.09 Å². The number of aromatic nitrogens is 1. The molecule has 0 aliphatic rings. The van der Waals surface area contributed by atoms with Crippen molar-refractivity contribution in [2.24, 2.45) is 0 Å². The summed E-state index contributed by atoms with van der Waals surface area (Å²) >= 11 is 0. The standard InChI is InChI=1S/C18H31N3O2/c1-7-18(8-2,21-16(22)23-17(4,5)6)13-20-14(3)15-9-11-19-12-10-15/h9-12,14,20H,7-8,13H2,1-6H3,(H,21,22). The average Bonchev–Trinajstić information content (AvgIpc) is 2.50. The molecule has 5 heteroatoms. The van der Waals surface area contributed by atoms with Gasteiger partial charge in [-0.25, -0.2) is 4.79 Å². The van der Waals surface area contributed by atoms with Crippen LogP contribution in [0.5, 0.6) is 0 Å². The second-order valence-corrected chi connectivity index (χ2v) is 7.00. The van der Waals surface area contributed by atoms with Crippen molar-refractivity contribution in [3.63, 3.8) is 0 Å². The third-order valence-electron chi connectivity index (χ3n) is 4.07. The Balaban J connectivity index is 2.68. The zero-order valence-electron chi connectivity index (χ0n) is 15.3. The molecule has 2 N–H and O–H groups in total. The van der Waals surface area contributed by atoms with E-state index in [4.69, 9.17) is 4.74 Å². The molecule has 0 bridgehead atoms. The molecule has 0 radical (unpaired) electrons. The van der Waals surface area contributed by atoms with Gasteiger partial charge in [-0.3, -0.25) is 4.98 Å². The van der Waals surface area contributed by atoms with Crippen molar-refractivity contribution < 1.29 is 9.53 Å². The van der Waals surface area contributed by atoms with Crippen LogP contribution in [-0.4, -0.2) is 28.8 Å². The van der Waals surface area contributed by atoms with Crippen molar-refractivity contribution in [2.45, 2.75) is 71.6 Å². The molecule has 1 unspecified atom stereocenters. The second-order valence-electron chi connectivity index (χ2n) is 7.00. The number of carbonyl (C=O) groups is 1. The Morgan fingerprint density at radius 1 is 1.22 bits per heavy atom. The quantitative estimate of drug-likeness (QED) is 0.801. The highest BCUT2D eigenvalue weighted by molar-refractivity contribution is 5.68. The lowest BCUT2D eigenvalue weighted by molar-refractivity contribution is 0.0444. The van der Waals surface area contributed by atoms with Crippen LogP contribution < -0.4 is 10.6 Å². The summed E-state index contributed by atoms with van der Waals surface area (Å²) in [5.41, 5.74) is 0.372. The Bertz CT molecular complexity index is 479. The van der Waals surface area contributed by atoms with E-state index in [2.05, 4.69) is 36.4 Å². The first-order chi connectivity index (χ1) is 10.7. The van der Waals surface area contributed by atoms with Gasteiger partial charge in [-0.2, -0.15) is 0 Å². The van der Waals surface area contributed by atoms with Gasteiger partial charge >= 0.3 is 6.09 Å². The third-order valence-corrected chi connectivity index (χ3v) is 4.07. The van der Waals surface area contributed by atoms with Crippen molar-refractivity contribution in [1.29, 1.82) is 0 Å². The van der Waals surface area contributed by atoms with E-state index in [1.54, 1.807) is 12.4 Å². The SMILES string of the molecule is CCC(CC)(CNC(C)c1ccncc1)NC(=O)OC(C)(C)C. The Morgan fingerprint density at radius 2 is 1.78 bits per heavy atom. The second kappa shape index (κ2) is 8.29. The number of carbonyl (C=O) groups excluding carboxylic acids is 1. The number of hydrogen-bond acceptors (Lipinski definition) is 4. The lowest BCUT2D eigenvalue weighted by Crippen LogP contribution is -2.55. The number of pyridine rings is 1. The van der Waals surface area contributed by atoms with E-state index in [1.165, 1.54) is 5.56 Å². The summed E-state index contributed by atoms with van der Waals surface area (Å²) in [6.45, 7) is 12.6. The maximum absolute atomic E-state index is 12.1. The van der Waals surface area contributed by atoms with Crippen LogP contribution in [0.4, 0.5) is 4.79 Å². The van der Waals surface area contributed by atoms with Crippen LogP contribution in [0.1, 0.15) is 66.0 Å². The van der Waals surface area contributed by atoms with Crippen LogP contribution in [0.15, 0.2) is 24.5 Å². The number of amides is 1. The first-order valence-corrected chi connectivity index (χ1v) is 8.36. The minimum atomic E-state index is -0.491. The molecule has 1 amide bonds. The van der Waals surface area contributed by atoms with Gasteiger partial charge in [0.2, 0.25) is 0 Å². The summed E-state index contributed by atoms with van der Waals surface area (Å²) in [7, 11) is 0. The molecule has 0 aliphatic heterocycles. The molecule has 130 valence electrons. The van der Waals surface area contributed by atoms with E-state index < -0.39 is 5.60 Å². The molecule has 0 saturated heterocycles. The molecule has 23 heavy (non-hydrogen) atoms. The molecule has 1 atom stereocenters. The molecular formula is C18H31N3O2. The van der Waals surface area contributed by atoms with Crippen LogP contribution in [0.2, 0.25) is 0 Å². The van der Waals surface area contributed by atoms with Crippen LogP contribution in [-0.2, 0) is 4.74 Å². The van der Waals surface area contributed by atoms with Crippen molar-refractivity contribution in [3.8, 4) is 0 Å². The molecule has 1 aromatic heterocycles. The Labute approximate surface area is 140 Å². The molecule has 1 heterocycles. The summed E-state index contributed by atoms with van der Waals surface area (Å²) in [6.07, 6.45) is 4.88. The molecule has 0 spiro atoms. The summed E-state index contributed by atoms with van der Waals surface area (Å²) in [5, 5.41) is 6.57. The lowest BCUT2D eigenvalue weighted by Gasteiger charge is -2.35. The van der Waals surface area contributed by atoms with E-state index in [-0.39, 0.29) is 17.7 Å². The van der Waals surface area contributed by atoms with E-state index >= 15 is 0 Å². The monoisotopic (exact) mass is 321 g/mol. The molecule has 0 fully saturated rings. The fourth-order valence-corrected chi connectivity index (χ4v) is 2.36. The third kappa shape index (κ3) is 6.57. The Kier molecular flexibility index (Phi) is 7.01. The van der Waals surface area contributed by atoms with E-state index in [0.717, 1.165) is 12.8 Å².